The maximum absolute atomic E-state index is 5.79. The molecule has 1 heterocycles. The van der Waals surface area contributed by atoms with E-state index in [1.54, 1.807) is 0 Å². The van der Waals surface area contributed by atoms with Crippen molar-refractivity contribution in [2.24, 2.45) is 5.92 Å². The highest BCUT2D eigenvalue weighted by molar-refractivity contribution is 5.77. The number of benzene rings is 1. The number of fused-ring (bicyclic) bond motifs is 1. The van der Waals surface area contributed by atoms with Gasteiger partial charge in [-0.25, -0.2) is 0 Å². The van der Waals surface area contributed by atoms with Gasteiger partial charge >= 0.3 is 0 Å². The molecule has 2 rings (SSSR count). The number of furan rings is 1. The van der Waals surface area contributed by atoms with Crippen LogP contribution in [0.2, 0.25) is 0 Å². The molecule has 0 saturated carbocycles. The average Bonchev–Trinajstić information content (AvgIpc) is 2.79. The molecule has 2 heteroatoms. The predicted molar refractivity (Wildman–Crippen MR) is 76.6 cm³/mol. The average molecular weight is 245 g/mol. The van der Waals surface area contributed by atoms with E-state index in [0.717, 1.165) is 23.8 Å². The van der Waals surface area contributed by atoms with Gasteiger partial charge in [-0.15, -0.1) is 0 Å². The highest BCUT2D eigenvalue weighted by Gasteiger charge is 2.08. The summed E-state index contributed by atoms with van der Waals surface area (Å²) in [6, 6.07) is 10.8. The summed E-state index contributed by atoms with van der Waals surface area (Å²) in [6.07, 6.45) is 2.47. The Morgan fingerprint density at radius 1 is 1.22 bits per heavy atom. The van der Waals surface area contributed by atoms with Crippen LogP contribution < -0.4 is 5.32 Å². The summed E-state index contributed by atoms with van der Waals surface area (Å²) in [5.74, 6) is 1.80. The van der Waals surface area contributed by atoms with E-state index >= 15 is 0 Å². The number of nitrogens with one attached hydrogen (secondary N) is 1. The number of para-hydroxylation sites is 1. The third-order valence-electron chi connectivity index (χ3n) is 3.55. The molecule has 0 aliphatic rings. The van der Waals surface area contributed by atoms with Gasteiger partial charge in [-0.2, -0.15) is 0 Å². The topological polar surface area (TPSA) is 25.2 Å². The monoisotopic (exact) mass is 245 g/mol. The van der Waals surface area contributed by atoms with Crippen molar-refractivity contribution in [1.82, 2.24) is 5.32 Å². The minimum Gasteiger partial charge on any atom is -0.460 e. The molecule has 2 aromatic rings. The molecule has 2 atom stereocenters. The summed E-state index contributed by atoms with van der Waals surface area (Å²) < 4.78 is 5.79. The van der Waals surface area contributed by atoms with E-state index in [4.69, 9.17) is 4.42 Å². The first-order chi connectivity index (χ1) is 8.69. The first-order valence-corrected chi connectivity index (χ1v) is 6.90. The Kier molecular flexibility index (Phi) is 4.43. The van der Waals surface area contributed by atoms with E-state index in [2.05, 4.69) is 38.2 Å². The van der Waals surface area contributed by atoms with Crippen LogP contribution in [0, 0.1) is 5.92 Å². The zero-order valence-electron chi connectivity index (χ0n) is 11.6. The SMILES string of the molecule is CCC(C)CC(C)NCc1cc2ccccc2o1. The Bertz CT molecular complexity index is 456. The van der Waals surface area contributed by atoms with E-state index in [1.165, 1.54) is 18.2 Å². The molecule has 0 fully saturated rings. The van der Waals surface area contributed by atoms with Gasteiger partial charge < -0.3 is 9.73 Å². The zero-order chi connectivity index (χ0) is 13.0. The lowest BCUT2D eigenvalue weighted by Gasteiger charge is -2.16. The molecule has 0 aliphatic heterocycles. The lowest BCUT2D eigenvalue weighted by Crippen LogP contribution is -2.27. The Morgan fingerprint density at radius 2 is 2.00 bits per heavy atom. The lowest BCUT2D eigenvalue weighted by molar-refractivity contribution is 0.396. The Balaban J connectivity index is 1.89. The van der Waals surface area contributed by atoms with Crippen LogP contribution >= 0.6 is 0 Å². The molecule has 0 saturated heterocycles. The highest BCUT2D eigenvalue weighted by Crippen LogP contribution is 2.19. The molecule has 2 unspecified atom stereocenters. The predicted octanol–water partition coefficient (Wildman–Crippen LogP) is 4.35. The van der Waals surface area contributed by atoms with Crippen LogP contribution in [-0.4, -0.2) is 6.04 Å². The molecule has 98 valence electrons. The molecule has 1 aromatic heterocycles. The second kappa shape index (κ2) is 6.05. The second-order valence-electron chi connectivity index (χ2n) is 5.28. The Hall–Kier alpha value is -1.28. The summed E-state index contributed by atoms with van der Waals surface area (Å²) in [5, 5.41) is 4.72. The van der Waals surface area contributed by atoms with Crippen molar-refractivity contribution >= 4 is 11.0 Å². The van der Waals surface area contributed by atoms with Gasteiger partial charge in [0.2, 0.25) is 0 Å². The van der Waals surface area contributed by atoms with Gasteiger partial charge in [0.05, 0.1) is 6.54 Å². The largest absolute Gasteiger partial charge is 0.460 e. The van der Waals surface area contributed by atoms with E-state index < -0.39 is 0 Å². The molecule has 1 N–H and O–H groups in total. The van der Waals surface area contributed by atoms with Crippen LogP contribution in [0.4, 0.5) is 0 Å². The molecule has 0 amide bonds. The molecule has 18 heavy (non-hydrogen) atoms. The van der Waals surface area contributed by atoms with Gasteiger partial charge in [0, 0.05) is 11.4 Å². The smallest absolute Gasteiger partial charge is 0.134 e. The zero-order valence-corrected chi connectivity index (χ0v) is 11.6. The molecule has 2 nitrogen and oxygen atoms in total. The third kappa shape index (κ3) is 3.36. The van der Waals surface area contributed by atoms with Crippen LogP contribution in [0.5, 0.6) is 0 Å². The van der Waals surface area contributed by atoms with Gasteiger partial charge in [0.15, 0.2) is 0 Å². The molecule has 0 aliphatic carbocycles. The summed E-state index contributed by atoms with van der Waals surface area (Å²) in [5.41, 5.74) is 0.976. The Morgan fingerprint density at radius 3 is 2.72 bits per heavy atom. The van der Waals surface area contributed by atoms with Crippen molar-refractivity contribution in [3.63, 3.8) is 0 Å². The molecular formula is C16H23NO. The minimum absolute atomic E-state index is 0.535. The van der Waals surface area contributed by atoms with Crippen molar-refractivity contribution < 1.29 is 4.42 Å². The van der Waals surface area contributed by atoms with Crippen molar-refractivity contribution in [2.45, 2.75) is 46.2 Å². The van der Waals surface area contributed by atoms with Crippen LogP contribution in [0.3, 0.4) is 0 Å². The fourth-order valence-electron chi connectivity index (χ4n) is 2.25. The molecular weight excluding hydrogens is 222 g/mol. The maximum Gasteiger partial charge on any atom is 0.134 e. The van der Waals surface area contributed by atoms with Gasteiger partial charge in [-0.3, -0.25) is 0 Å². The highest BCUT2D eigenvalue weighted by atomic mass is 16.3. The van der Waals surface area contributed by atoms with Gasteiger partial charge in [0.1, 0.15) is 11.3 Å². The van der Waals surface area contributed by atoms with Gasteiger partial charge in [0.25, 0.3) is 0 Å². The fourth-order valence-corrected chi connectivity index (χ4v) is 2.25. The molecule has 0 radical (unpaired) electrons. The van der Waals surface area contributed by atoms with Crippen LogP contribution in [0.1, 0.15) is 39.4 Å². The van der Waals surface area contributed by atoms with E-state index in [9.17, 15) is 0 Å². The Labute approximate surface area is 109 Å². The maximum atomic E-state index is 5.79. The molecule has 0 spiro atoms. The quantitative estimate of drug-likeness (QED) is 0.818. The fraction of sp³-hybridized carbons (Fsp3) is 0.500. The number of rotatable bonds is 6. The van der Waals surface area contributed by atoms with Gasteiger partial charge in [-0.05, 0) is 31.4 Å². The van der Waals surface area contributed by atoms with E-state index in [0.29, 0.717) is 6.04 Å². The minimum atomic E-state index is 0.535. The second-order valence-corrected chi connectivity index (χ2v) is 5.28. The number of hydrogen-bond donors (Lipinski definition) is 1. The van der Waals surface area contributed by atoms with Crippen molar-refractivity contribution in [2.75, 3.05) is 0 Å². The van der Waals surface area contributed by atoms with Crippen molar-refractivity contribution in [3.05, 3.63) is 36.1 Å². The molecule has 0 bridgehead atoms. The lowest BCUT2D eigenvalue weighted by atomic mass is 10.0. The van der Waals surface area contributed by atoms with Gasteiger partial charge in [-0.1, -0.05) is 38.5 Å². The van der Waals surface area contributed by atoms with Crippen LogP contribution in [-0.2, 0) is 6.54 Å². The summed E-state index contributed by atoms with van der Waals surface area (Å²) >= 11 is 0. The van der Waals surface area contributed by atoms with Crippen molar-refractivity contribution in [3.8, 4) is 0 Å². The normalized spacial score (nSPS) is 14.8. The summed E-state index contributed by atoms with van der Waals surface area (Å²) in [4.78, 5) is 0. The summed E-state index contributed by atoms with van der Waals surface area (Å²) in [6.45, 7) is 7.61. The number of hydrogen-bond acceptors (Lipinski definition) is 2. The molecule has 1 aromatic carbocycles. The van der Waals surface area contributed by atoms with Crippen LogP contribution in [0.25, 0.3) is 11.0 Å². The third-order valence-corrected chi connectivity index (χ3v) is 3.55. The van der Waals surface area contributed by atoms with Crippen molar-refractivity contribution in [1.29, 1.82) is 0 Å². The first kappa shape index (κ1) is 13.2. The van der Waals surface area contributed by atoms with E-state index in [1.807, 2.05) is 18.2 Å². The summed E-state index contributed by atoms with van der Waals surface area (Å²) in [7, 11) is 0. The van der Waals surface area contributed by atoms with Crippen LogP contribution in [0.15, 0.2) is 34.7 Å². The standard InChI is InChI=1S/C16H23NO/c1-4-12(2)9-13(3)17-11-15-10-14-7-5-6-8-16(14)18-15/h5-8,10,12-13,17H,4,9,11H2,1-3H3. The van der Waals surface area contributed by atoms with E-state index in [-0.39, 0.29) is 0 Å². The first-order valence-electron chi connectivity index (χ1n) is 6.90.